The fourth-order valence-electron chi connectivity index (χ4n) is 2.00. The summed E-state index contributed by atoms with van der Waals surface area (Å²) in [4.78, 5) is 0.237. The molecule has 6 heteroatoms. The molecule has 0 spiro atoms. The predicted molar refractivity (Wildman–Crippen MR) is 80.1 cm³/mol. The van der Waals surface area contributed by atoms with Gasteiger partial charge in [0.2, 0.25) is 10.0 Å². The van der Waals surface area contributed by atoms with Gasteiger partial charge < -0.3 is 9.73 Å². The van der Waals surface area contributed by atoms with Crippen LogP contribution in [0.25, 0.3) is 0 Å². The molecule has 0 fully saturated rings. The van der Waals surface area contributed by atoms with E-state index in [1.165, 1.54) is 0 Å². The summed E-state index contributed by atoms with van der Waals surface area (Å²) in [6.07, 6.45) is 1.76. The van der Waals surface area contributed by atoms with Gasteiger partial charge in [-0.1, -0.05) is 27.2 Å². The van der Waals surface area contributed by atoms with Crippen LogP contribution in [-0.4, -0.2) is 20.5 Å². The summed E-state index contributed by atoms with van der Waals surface area (Å²) < 4.78 is 32.8. The Morgan fingerprint density at radius 1 is 1.30 bits per heavy atom. The second kappa shape index (κ2) is 7.24. The lowest BCUT2D eigenvalue weighted by Gasteiger charge is -2.12. The number of furan rings is 1. The zero-order chi connectivity index (χ0) is 15.3. The highest BCUT2D eigenvalue weighted by Gasteiger charge is 2.23. The van der Waals surface area contributed by atoms with E-state index >= 15 is 0 Å². The van der Waals surface area contributed by atoms with Crippen LogP contribution in [0.1, 0.15) is 52.1 Å². The van der Waals surface area contributed by atoms with Gasteiger partial charge in [0.05, 0.1) is 6.54 Å². The predicted octanol–water partition coefficient (Wildman–Crippen LogP) is 2.55. The van der Waals surface area contributed by atoms with Crippen molar-refractivity contribution in [2.75, 3.05) is 0 Å². The van der Waals surface area contributed by atoms with Crippen molar-refractivity contribution in [3.8, 4) is 0 Å². The smallest absolute Gasteiger partial charge is 0.244 e. The summed E-state index contributed by atoms with van der Waals surface area (Å²) in [6, 6.07) is 1.85. The largest absolute Gasteiger partial charge is 0.464 e. The van der Waals surface area contributed by atoms with Crippen molar-refractivity contribution in [2.45, 2.75) is 71.0 Å². The highest BCUT2D eigenvalue weighted by atomic mass is 32.2. The van der Waals surface area contributed by atoms with Crippen LogP contribution in [-0.2, 0) is 16.6 Å². The van der Waals surface area contributed by atoms with E-state index in [0.29, 0.717) is 24.1 Å². The van der Waals surface area contributed by atoms with Crippen LogP contribution >= 0.6 is 0 Å². The quantitative estimate of drug-likeness (QED) is 0.774. The van der Waals surface area contributed by atoms with Crippen molar-refractivity contribution in [2.24, 2.45) is 0 Å². The third-order valence-electron chi connectivity index (χ3n) is 2.98. The summed E-state index contributed by atoms with van der Waals surface area (Å²) >= 11 is 0. The number of sulfonamides is 1. The fraction of sp³-hybridized carbons (Fsp3) is 0.714. The molecule has 0 saturated carbocycles. The fourth-order valence-corrected chi connectivity index (χ4v) is 3.48. The van der Waals surface area contributed by atoms with Crippen LogP contribution < -0.4 is 10.0 Å². The molecule has 1 aromatic heterocycles. The number of nitrogens with one attached hydrogen (secondary N) is 2. The molecule has 0 aliphatic rings. The monoisotopic (exact) mass is 302 g/mol. The van der Waals surface area contributed by atoms with E-state index < -0.39 is 10.0 Å². The summed E-state index contributed by atoms with van der Waals surface area (Å²) in [6.45, 7) is 10.2. The normalized spacial score (nSPS) is 13.9. The van der Waals surface area contributed by atoms with E-state index in [2.05, 4.69) is 10.0 Å². The second-order valence-electron chi connectivity index (χ2n) is 5.48. The molecule has 1 heterocycles. The van der Waals surface area contributed by atoms with Crippen LogP contribution in [0.5, 0.6) is 0 Å². The molecule has 1 aromatic rings. The first-order valence-corrected chi connectivity index (χ1v) is 8.59. The lowest BCUT2D eigenvalue weighted by atomic mass is 10.2. The van der Waals surface area contributed by atoms with Crippen molar-refractivity contribution < 1.29 is 12.8 Å². The van der Waals surface area contributed by atoms with Crippen LogP contribution in [0.3, 0.4) is 0 Å². The summed E-state index contributed by atoms with van der Waals surface area (Å²) in [5, 5.41) is 3.21. The highest BCUT2D eigenvalue weighted by molar-refractivity contribution is 7.89. The Hall–Kier alpha value is -0.850. The van der Waals surface area contributed by atoms with Gasteiger partial charge in [-0.15, -0.1) is 0 Å². The van der Waals surface area contributed by atoms with Crippen molar-refractivity contribution in [1.29, 1.82) is 0 Å². The first-order chi connectivity index (χ1) is 9.26. The average molecular weight is 302 g/mol. The first-order valence-electron chi connectivity index (χ1n) is 7.11. The molecule has 2 N–H and O–H groups in total. The Labute approximate surface area is 122 Å². The molecular formula is C14H26N2O3S. The second-order valence-corrected chi connectivity index (χ2v) is 7.16. The summed E-state index contributed by atoms with van der Waals surface area (Å²) in [7, 11) is -3.50. The highest BCUT2D eigenvalue weighted by Crippen LogP contribution is 2.20. The minimum absolute atomic E-state index is 0.0726. The molecule has 0 aliphatic heterocycles. The van der Waals surface area contributed by atoms with E-state index in [0.717, 1.165) is 12.8 Å². The molecule has 0 amide bonds. The molecule has 0 bridgehead atoms. The number of aryl methyl sites for hydroxylation is 1. The molecule has 5 nitrogen and oxygen atoms in total. The lowest BCUT2D eigenvalue weighted by Crippen LogP contribution is -2.32. The van der Waals surface area contributed by atoms with E-state index in [-0.39, 0.29) is 10.9 Å². The summed E-state index contributed by atoms with van der Waals surface area (Å²) in [5.74, 6) is 1.07. The molecule has 20 heavy (non-hydrogen) atoms. The van der Waals surface area contributed by atoms with E-state index in [1.54, 1.807) is 13.0 Å². The van der Waals surface area contributed by atoms with Crippen molar-refractivity contribution >= 4 is 10.0 Å². The van der Waals surface area contributed by atoms with E-state index in [1.807, 2.05) is 27.7 Å². The molecule has 0 aromatic carbocycles. The number of rotatable bonds is 8. The third kappa shape index (κ3) is 4.92. The van der Waals surface area contributed by atoms with Gasteiger partial charge in [0.25, 0.3) is 0 Å². The van der Waals surface area contributed by atoms with E-state index in [4.69, 9.17) is 4.42 Å². The molecular weight excluding hydrogens is 276 g/mol. The number of hydrogen-bond donors (Lipinski definition) is 2. The van der Waals surface area contributed by atoms with Gasteiger partial charge >= 0.3 is 0 Å². The topological polar surface area (TPSA) is 71.3 Å². The zero-order valence-electron chi connectivity index (χ0n) is 13.0. The van der Waals surface area contributed by atoms with Gasteiger partial charge in [-0.3, -0.25) is 0 Å². The summed E-state index contributed by atoms with van der Waals surface area (Å²) in [5.41, 5.74) is 0. The average Bonchev–Trinajstić information content (AvgIpc) is 2.68. The Kier molecular flexibility index (Phi) is 6.23. The molecule has 0 saturated heterocycles. The van der Waals surface area contributed by atoms with Gasteiger partial charge in [-0.2, -0.15) is 0 Å². The zero-order valence-corrected chi connectivity index (χ0v) is 13.8. The Balaban J connectivity index is 2.84. The SMILES string of the molecule is CCCC(C)NS(=O)(=O)c1cc(CNC(C)C)oc1C. The Bertz CT molecular complexity index is 521. The van der Waals surface area contributed by atoms with Crippen molar-refractivity contribution in [3.05, 3.63) is 17.6 Å². The van der Waals surface area contributed by atoms with Crippen LogP contribution in [0.4, 0.5) is 0 Å². The Morgan fingerprint density at radius 3 is 2.50 bits per heavy atom. The minimum Gasteiger partial charge on any atom is -0.464 e. The van der Waals surface area contributed by atoms with Crippen molar-refractivity contribution in [3.63, 3.8) is 0 Å². The Morgan fingerprint density at radius 2 is 1.95 bits per heavy atom. The minimum atomic E-state index is -3.50. The molecule has 116 valence electrons. The lowest BCUT2D eigenvalue weighted by molar-refractivity contribution is 0.443. The molecule has 0 radical (unpaired) electrons. The van der Waals surface area contributed by atoms with E-state index in [9.17, 15) is 8.42 Å². The van der Waals surface area contributed by atoms with Gasteiger partial charge in [0.15, 0.2) is 0 Å². The van der Waals surface area contributed by atoms with Gasteiger partial charge in [0, 0.05) is 18.2 Å². The maximum Gasteiger partial charge on any atom is 0.244 e. The molecule has 1 rings (SSSR count). The third-order valence-corrected chi connectivity index (χ3v) is 4.67. The standard InChI is InChI=1S/C14H26N2O3S/c1-6-7-11(4)16-20(17,18)14-8-13(19-12(14)5)9-15-10(2)3/h8,10-11,15-16H,6-7,9H2,1-5H3. The van der Waals surface area contributed by atoms with Crippen LogP contribution in [0.15, 0.2) is 15.4 Å². The van der Waals surface area contributed by atoms with Gasteiger partial charge in [0.1, 0.15) is 16.4 Å². The van der Waals surface area contributed by atoms with Crippen LogP contribution in [0, 0.1) is 6.92 Å². The molecule has 0 aliphatic carbocycles. The van der Waals surface area contributed by atoms with Gasteiger partial charge in [-0.25, -0.2) is 13.1 Å². The number of hydrogen-bond acceptors (Lipinski definition) is 4. The maximum absolute atomic E-state index is 12.3. The molecule has 1 atom stereocenters. The van der Waals surface area contributed by atoms with Crippen molar-refractivity contribution in [1.82, 2.24) is 10.0 Å². The van der Waals surface area contributed by atoms with Crippen LogP contribution in [0.2, 0.25) is 0 Å². The maximum atomic E-state index is 12.3. The van der Waals surface area contributed by atoms with Gasteiger partial charge in [-0.05, 0) is 20.3 Å². The first kappa shape index (κ1) is 17.2. The molecule has 1 unspecified atom stereocenters.